The van der Waals surface area contributed by atoms with Gasteiger partial charge in [0.2, 0.25) is 0 Å². The van der Waals surface area contributed by atoms with Gasteiger partial charge in [-0.05, 0) is 61.0 Å². The van der Waals surface area contributed by atoms with E-state index in [1.54, 1.807) is 24.3 Å². The van der Waals surface area contributed by atoms with Gasteiger partial charge in [-0.3, -0.25) is 4.79 Å². The van der Waals surface area contributed by atoms with Gasteiger partial charge in [0.15, 0.2) is 16.4 Å². The molecule has 2 aromatic carbocycles. The number of rotatable bonds is 9. The Hall–Kier alpha value is -2.91. The van der Waals surface area contributed by atoms with Gasteiger partial charge in [0.1, 0.15) is 12.4 Å². The Bertz CT molecular complexity index is 1060. The standard InChI is InChI=1S/C24H31N3O5S/c1-4-23(25-32-17-19-5-11-22(12-6-19)33(3,29)30)20-7-9-21(10-8-20)31-18-24(28)27-15-13-26(2)14-16-27/h5-12H,4,13-18H2,1-3H3/b25-23+. The van der Waals surface area contributed by atoms with Crippen molar-refractivity contribution in [3.63, 3.8) is 0 Å². The van der Waals surface area contributed by atoms with Crippen LogP contribution in [0, 0.1) is 0 Å². The summed E-state index contributed by atoms with van der Waals surface area (Å²) >= 11 is 0. The lowest BCUT2D eigenvalue weighted by molar-refractivity contribution is -0.134. The lowest BCUT2D eigenvalue weighted by atomic mass is 10.1. The summed E-state index contributed by atoms with van der Waals surface area (Å²) in [5.41, 5.74) is 2.51. The second kappa shape index (κ2) is 11.3. The third kappa shape index (κ3) is 7.30. The minimum Gasteiger partial charge on any atom is -0.484 e. The van der Waals surface area contributed by atoms with Gasteiger partial charge in [-0.2, -0.15) is 0 Å². The minimum atomic E-state index is -3.22. The molecule has 0 N–H and O–H groups in total. The first-order chi connectivity index (χ1) is 15.8. The van der Waals surface area contributed by atoms with Crippen LogP contribution in [0.2, 0.25) is 0 Å². The van der Waals surface area contributed by atoms with Crippen molar-refractivity contribution in [1.82, 2.24) is 9.80 Å². The van der Waals surface area contributed by atoms with Crippen molar-refractivity contribution in [2.24, 2.45) is 5.16 Å². The summed E-state index contributed by atoms with van der Waals surface area (Å²) in [5, 5.41) is 4.24. The van der Waals surface area contributed by atoms with E-state index in [-0.39, 0.29) is 24.0 Å². The summed E-state index contributed by atoms with van der Waals surface area (Å²) in [6, 6.07) is 14.0. The Labute approximate surface area is 195 Å². The molecule has 0 radical (unpaired) electrons. The van der Waals surface area contributed by atoms with E-state index >= 15 is 0 Å². The number of amides is 1. The average Bonchev–Trinajstić information content (AvgIpc) is 2.81. The Morgan fingerprint density at radius 2 is 1.64 bits per heavy atom. The van der Waals surface area contributed by atoms with E-state index in [4.69, 9.17) is 9.57 Å². The number of sulfone groups is 1. The smallest absolute Gasteiger partial charge is 0.260 e. The molecule has 8 nitrogen and oxygen atoms in total. The highest BCUT2D eigenvalue weighted by Crippen LogP contribution is 2.16. The molecule has 1 heterocycles. The highest BCUT2D eigenvalue weighted by atomic mass is 32.2. The maximum atomic E-state index is 12.3. The molecule has 2 aromatic rings. The van der Waals surface area contributed by atoms with E-state index in [0.717, 1.165) is 43.0 Å². The second-order valence-corrected chi connectivity index (χ2v) is 10.1. The van der Waals surface area contributed by atoms with Crippen LogP contribution in [0.4, 0.5) is 0 Å². The topological polar surface area (TPSA) is 88.5 Å². The molecule has 0 aliphatic carbocycles. The Morgan fingerprint density at radius 3 is 2.21 bits per heavy atom. The lowest BCUT2D eigenvalue weighted by Crippen LogP contribution is -2.48. The first-order valence-corrected chi connectivity index (χ1v) is 12.8. The van der Waals surface area contributed by atoms with Crippen molar-refractivity contribution in [2.75, 3.05) is 46.1 Å². The van der Waals surface area contributed by atoms with E-state index in [1.807, 2.05) is 36.1 Å². The van der Waals surface area contributed by atoms with Crippen LogP contribution >= 0.6 is 0 Å². The maximum Gasteiger partial charge on any atom is 0.260 e. The SMILES string of the molecule is CC/C(=N\OCc1ccc(S(C)(=O)=O)cc1)c1ccc(OCC(=O)N2CCN(C)CC2)cc1. The molecule has 1 aliphatic heterocycles. The molecule has 0 bridgehead atoms. The van der Waals surface area contributed by atoms with Gasteiger partial charge in [-0.1, -0.05) is 24.2 Å². The molecule has 1 amide bonds. The van der Waals surface area contributed by atoms with Crippen molar-refractivity contribution in [2.45, 2.75) is 24.8 Å². The van der Waals surface area contributed by atoms with Crippen LogP contribution in [0.1, 0.15) is 24.5 Å². The molecule has 0 aromatic heterocycles. The summed E-state index contributed by atoms with van der Waals surface area (Å²) in [4.78, 5) is 22.1. The Kier molecular flexibility index (Phi) is 8.46. The number of piperazine rings is 1. The molecule has 33 heavy (non-hydrogen) atoms. The number of hydrogen-bond donors (Lipinski definition) is 0. The largest absolute Gasteiger partial charge is 0.484 e. The lowest BCUT2D eigenvalue weighted by Gasteiger charge is -2.32. The average molecular weight is 474 g/mol. The van der Waals surface area contributed by atoms with Crippen LogP contribution in [0.5, 0.6) is 5.75 Å². The van der Waals surface area contributed by atoms with Gasteiger partial charge in [0.25, 0.3) is 5.91 Å². The molecule has 1 aliphatic rings. The molecular formula is C24H31N3O5S. The molecule has 0 saturated carbocycles. The van der Waals surface area contributed by atoms with Gasteiger partial charge in [0.05, 0.1) is 10.6 Å². The third-order valence-corrected chi connectivity index (χ3v) is 6.63. The quantitative estimate of drug-likeness (QED) is 0.411. The summed E-state index contributed by atoms with van der Waals surface area (Å²) in [7, 11) is -1.16. The van der Waals surface area contributed by atoms with E-state index in [9.17, 15) is 13.2 Å². The summed E-state index contributed by atoms with van der Waals surface area (Å²) < 4.78 is 28.8. The Balaban J connectivity index is 1.51. The molecular weight excluding hydrogens is 442 g/mol. The Morgan fingerprint density at radius 1 is 1.00 bits per heavy atom. The van der Waals surface area contributed by atoms with Crippen LogP contribution in [-0.4, -0.2) is 75.9 Å². The first kappa shape index (κ1) is 24.7. The van der Waals surface area contributed by atoms with Gasteiger partial charge in [-0.15, -0.1) is 0 Å². The fraction of sp³-hybridized carbons (Fsp3) is 0.417. The number of nitrogens with zero attached hydrogens (tertiary/aromatic N) is 3. The zero-order chi connectivity index (χ0) is 23.8. The van der Waals surface area contributed by atoms with E-state index < -0.39 is 9.84 Å². The minimum absolute atomic E-state index is 0.000884. The predicted octanol–water partition coefficient (Wildman–Crippen LogP) is 2.57. The first-order valence-electron chi connectivity index (χ1n) is 10.9. The van der Waals surface area contributed by atoms with Crippen molar-refractivity contribution in [1.29, 1.82) is 0 Å². The van der Waals surface area contributed by atoms with E-state index in [1.165, 1.54) is 6.26 Å². The fourth-order valence-electron chi connectivity index (χ4n) is 3.37. The van der Waals surface area contributed by atoms with Crippen LogP contribution < -0.4 is 4.74 Å². The normalized spacial score (nSPS) is 15.4. The van der Waals surface area contributed by atoms with Crippen molar-refractivity contribution in [3.05, 3.63) is 59.7 Å². The van der Waals surface area contributed by atoms with Crippen molar-refractivity contribution >= 4 is 21.5 Å². The van der Waals surface area contributed by atoms with Crippen molar-refractivity contribution < 1.29 is 22.8 Å². The van der Waals surface area contributed by atoms with E-state index in [0.29, 0.717) is 12.2 Å². The van der Waals surface area contributed by atoms with Crippen LogP contribution in [-0.2, 0) is 26.1 Å². The predicted molar refractivity (Wildman–Crippen MR) is 127 cm³/mol. The highest BCUT2D eigenvalue weighted by Gasteiger charge is 2.19. The number of benzene rings is 2. The van der Waals surface area contributed by atoms with Crippen molar-refractivity contribution in [3.8, 4) is 5.75 Å². The fourth-order valence-corrected chi connectivity index (χ4v) is 4.01. The van der Waals surface area contributed by atoms with E-state index in [2.05, 4.69) is 17.1 Å². The molecule has 9 heteroatoms. The monoisotopic (exact) mass is 473 g/mol. The number of carbonyl (C=O) groups excluding carboxylic acids is 1. The highest BCUT2D eigenvalue weighted by molar-refractivity contribution is 7.90. The van der Waals surface area contributed by atoms with Gasteiger partial charge >= 0.3 is 0 Å². The number of hydrogen-bond acceptors (Lipinski definition) is 7. The van der Waals surface area contributed by atoms with Gasteiger partial charge in [-0.25, -0.2) is 8.42 Å². The molecule has 0 spiro atoms. The number of likely N-dealkylation sites (N-methyl/N-ethyl adjacent to an activating group) is 1. The molecule has 3 rings (SSSR count). The maximum absolute atomic E-state index is 12.3. The molecule has 0 unspecified atom stereocenters. The molecule has 1 fully saturated rings. The number of oxime groups is 1. The number of ether oxygens (including phenoxy) is 1. The van der Waals surface area contributed by atoms with Crippen LogP contribution in [0.3, 0.4) is 0 Å². The second-order valence-electron chi connectivity index (χ2n) is 8.08. The molecule has 0 atom stereocenters. The summed E-state index contributed by atoms with van der Waals surface area (Å²) in [6.07, 6.45) is 1.85. The molecule has 178 valence electrons. The summed E-state index contributed by atoms with van der Waals surface area (Å²) in [6.45, 7) is 5.48. The summed E-state index contributed by atoms with van der Waals surface area (Å²) in [5.74, 6) is 0.629. The zero-order valence-corrected chi connectivity index (χ0v) is 20.2. The van der Waals surface area contributed by atoms with Crippen LogP contribution in [0.25, 0.3) is 0 Å². The third-order valence-electron chi connectivity index (χ3n) is 5.50. The zero-order valence-electron chi connectivity index (χ0n) is 19.4. The van der Waals surface area contributed by atoms with Gasteiger partial charge in [0, 0.05) is 32.4 Å². The number of carbonyl (C=O) groups is 1. The molecule has 1 saturated heterocycles. The van der Waals surface area contributed by atoms with Crippen LogP contribution in [0.15, 0.2) is 58.6 Å². The van der Waals surface area contributed by atoms with Gasteiger partial charge < -0.3 is 19.4 Å².